The van der Waals surface area contributed by atoms with Crippen LogP contribution in [0.15, 0.2) is 41.2 Å². The summed E-state index contributed by atoms with van der Waals surface area (Å²) in [6, 6.07) is 11.0. The average Bonchev–Trinajstić information content (AvgIpc) is 2.46. The van der Waals surface area contributed by atoms with Crippen LogP contribution >= 0.6 is 0 Å². The van der Waals surface area contributed by atoms with E-state index in [4.69, 9.17) is 5.73 Å². The van der Waals surface area contributed by atoms with Crippen molar-refractivity contribution in [1.82, 2.24) is 9.78 Å². The smallest absolute Gasteiger partial charge is 0.266 e. The van der Waals surface area contributed by atoms with Crippen LogP contribution in [0, 0.1) is 6.92 Å². The summed E-state index contributed by atoms with van der Waals surface area (Å²) in [5.41, 5.74) is 9.09. The van der Waals surface area contributed by atoms with Crippen LogP contribution in [-0.4, -0.2) is 9.78 Å². The Bertz CT molecular complexity index is 616. The van der Waals surface area contributed by atoms with E-state index >= 15 is 0 Å². The first-order chi connectivity index (χ1) is 9.61. The molecule has 1 heterocycles. The zero-order chi connectivity index (χ0) is 14.5. The highest BCUT2D eigenvalue weighted by molar-refractivity contribution is 5.29. The normalized spacial score (nSPS) is 12.3. The lowest BCUT2D eigenvalue weighted by Gasteiger charge is -2.13. The van der Waals surface area contributed by atoms with E-state index in [1.807, 2.05) is 31.2 Å². The topological polar surface area (TPSA) is 60.9 Å². The lowest BCUT2D eigenvalue weighted by molar-refractivity contribution is 0.527. The maximum atomic E-state index is 11.7. The highest BCUT2D eigenvalue weighted by Crippen LogP contribution is 2.17. The molecule has 2 aromatic rings. The maximum Gasteiger partial charge on any atom is 0.266 e. The van der Waals surface area contributed by atoms with E-state index in [1.54, 1.807) is 12.1 Å². The van der Waals surface area contributed by atoms with Crippen LogP contribution in [0.2, 0.25) is 0 Å². The van der Waals surface area contributed by atoms with Gasteiger partial charge in [-0.05, 0) is 25.0 Å². The van der Waals surface area contributed by atoms with Crippen molar-refractivity contribution in [2.45, 2.75) is 39.3 Å². The first-order valence-corrected chi connectivity index (χ1v) is 7.02. The number of aryl methyl sites for hydroxylation is 2. The molecule has 0 spiro atoms. The van der Waals surface area contributed by atoms with Crippen LogP contribution in [0.3, 0.4) is 0 Å². The molecule has 1 atom stereocenters. The molecular weight excluding hydrogens is 250 g/mol. The van der Waals surface area contributed by atoms with Crippen molar-refractivity contribution < 1.29 is 0 Å². The maximum absolute atomic E-state index is 11.7. The van der Waals surface area contributed by atoms with E-state index in [1.165, 1.54) is 10.2 Å². The zero-order valence-electron chi connectivity index (χ0n) is 12.0. The molecule has 1 aromatic carbocycles. The Hall–Kier alpha value is -1.94. The van der Waals surface area contributed by atoms with Crippen molar-refractivity contribution in [3.63, 3.8) is 0 Å². The van der Waals surface area contributed by atoms with Crippen molar-refractivity contribution in [2.24, 2.45) is 5.73 Å². The zero-order valence-corrected chi connectivity index (χ0v) is 12.0. The average molecular weight is 271 g/mol. The molecule has 1 unspecified atom stereocenters. The van der Waals surface area contributed by atoms with Crippen molar-refractivity contribution in [2.75, 3.05) is 0 Å². The summed E-state index contributed by atoms with van der Waals surface area (Å²) >= 11 is 0. The van der Waals surface area contributed by atoms with Crippen LogP contribution in [0.5, 0.6) is 0 Å². The third kappa shape index (κ3) is 3.33. The molecule has 0 aliphatic carbocycles. The van der Waals surface area contributed by atoms with Crippen molar-refractivity contribution >= 4 is 0 Å². The second kappa shape index (κ2) is 6.48. The minimum Gasteiger partial charge on any atom is -0.319 e. The number of aromatic nitrogens is 2. The highest BCUT2D eigenvalue weighted by atomic mass is 16.1. The lowest BCUT2D eigenvalue weighted by Crippen LogP contribution is -2.26. The van der Waals surface area contributed by atoms with Gasteiger partial charge in [0.15, 0.2) is 0 Å². The summed E-state index contributed by atoms with van der Waals surface area (Å²) in [5.74, 6) is 0. The SMILES string of the molecule is CCCCn1nc(C(N)c2ccc(C)cc2)ccc1=O. The molecule has 0 amide bonds. The number of hydrogen-bond acceptors (Lipinski definition) is 3. The van der Waals surface area contributed by atoms with Crippen LogP contribution < -0.4 is 11.3 Å². The summed E-state index contributed by atoms with van der Waals surface area (Å²) in [6.45, 7) is 4.77. The lowest BCUT2D eigenvalue weighted by atomic mass is 10.0. The number of hydrogen-bond donors (Lipinski definition) is 1. The van der Waals surface area contributed by atoms with Gasteiger partial charge in [-0.2, -0.15) is 5.10 Å². The molecule has 0 aliphatic heterocycles. The van der Waals surface area contributed by atoms with Gasteiger partial charge in [0.2, 0.25) is 0 Å². The second-order valence-electron chi connectivity index (χ2n) is 5.06. The molecule has 2 N–H and O–H groups in total. The Balaban J connectivity index is 2.27. The van der Waals surface area contributed by atoms with E-state index < -0.39 is 0 Å². The molecule has 0 bridgehead atoms. The third-order valence-electron chi connectivity index (χ3n) is 3.37. The summed E-state index contributed by atoms with van der Waals surface area (Å²) in [7, 11) is 0. The van der Waals surface area contributed by atoms with Crippen molar-refractivity contribution in [1.29, 1.82) is 0 Å². The number of unbranched alkanes of at least 4 members (excludes halogenated alkanes) is 1. The first-order valence-electron chi connectivity index (χ1n) is 7.02. The van der Waals surface area contributed by atoms with Gasteiger partial charge in [-0.1, -0.05) is 43.2 Å². The van der Waals surface area contributed by atoms with E-state index in [9.17, 15) is 4.79 Å². The second-order valence-corrected chi connectivity index (χ2v) is 5.06. The fourth-order valence-corrected chi connectivity index (χ4v) is 2.04. The van der Waals surface area contributed by atoms with Gasteiger partial charge in [0.25, 0.3) is 5.56 Å². The minimum atomic E-state index is -0.302. The van der Waals surface area contributed by atoms with Gasteiger partial charge in [0, 0.05) is 12.6 Å². The Labute approximate surface area is 119 Å². The standard InChI is InChI=1S/C16H21N3O/c1-3-4-11-19-15(20)10-9-14(18-19)16(17)13-7-5-12(2)6-8-13/h5-10,16H,3-4,11,17H2,1-2H3. The largest absolute Gasteiger partial charge is 0.319 e. The van der Waals surface area contributed by atoms with Gasteiger partial charge >= 0.3 is 0 Å². The van der Waals surface area contributed by atoms with Crippen LogP contribution in [-0.2, 0) is 6.54 Å². The fourth-order valence-electron chi connectivity index (χ4n) is 2.04. The Morgan fingerprint density at radius 3 is 2.55 bits per heavy atom. The molecule has 1 aromatic heterocycles. The summed E-state index contributed by atoms with van der Waals surface area (Å²) in [5, 5.41) is 4.39. The quantitative estimate of drug-likeness (QED) is 0.908. The Morgan fingerprint density at radius 1 is 1.20 bits per heavy atom. The van der Waals surface area contributed by atoms with E-state index in [-0.39, 0.29) is 11.6 Å². The van der Waals surface area contributed by atoms with Gasteiger partial charge in [0.05, 0.1) is 11.7 Å². The molecule has 20 heavy (non-hydrogen) atoms. The molecule has 0 radical (unpaired) electrons. The van der Waals surface area contributed by atoms with E-state index in [2.05, 4.69) is 12.0 Å². The van der Waals surface area contributed by atoms with Gasteiger partial charge in [-0.25, -0.2) is 4.68 Å². The van der Waals surface area contributed by atoms with Gasteiger partial charge in [-0.15, -0.1) is 0 Å². The van der Waals surface area contributed by atoms with E-state index in [0.29, 0.717) is 6.54 Å². The fraction of sp³-hybridized carbons (Fsp3) is 0.375. The molecule has 2 rings (SSSR count). The van der Waals surface area contributed by atoms with Gasteiger partial charge in [0.1, 0.15) is 0 Å². The Morgan fingerprint density at radius 2 is 1.90 bits per heavy atom. The molecular formula is C16H21N3O. The van der Waals surface area contributed by atoms with Gasteiger partial charge < -0.3 is 5.73 Å². The number of nitrogens with zero attached hydrogens (tertiary/aromatic N) is 2. The monoisotopic (exact) mass is 271 g/mol. The van der Waals surface area contributed by atoms with Crippen molar-refractivity contribution in [3.05, 3.63) is 63.6 Å². The summed E-state index contributed by atoms with van der Waals surface area (Å²) < 4.78 is 1.51. The molecule has 4 nitrogen and oxygen atoms in total. The highest BCUT2D eigenvalue weighted by Gasteiger charge is 2.11. The van der Waals surface area contributed by atoms with Crippen LogP contribution in [0.1, 0.15) is 42.6 Å². The minimum absolute atomic E-state index is 0.0710. The van der Waals surface area contributed by atoms with Crippen LogP contribution in [0.4, 0.5) is 0 Å². The summed E-state index contributed by atoms with van der Waals surface area (Å²) in [4.78, 5) is 11.7. The van der Waals surface area contributed by atoms with E-state index in [0.717, 1.165) is 24.1 Å². The van der Waals surface area contributed by atoms with Crippen LogP contribution in [0.25, 0.3) is 0 Å². The predicted octanol–water partition coefficient (Wildman–Crippen LogP) is 2.40. The first kappa shape index (κ1) is 14.5. The third-order valence-corrected chi connectivity index (χ3v) is 3.37. The Kier molecular flexibility index (Phi) is 4.69. The number of rotatable bonds is 5. The molecule has 0 saturated carbocycles. The van der Waals surface area contributed by atoms with Gasteiger partial charge in [-0.3, -0.25) is 4.79 Å². The molecule has 0 fully saturated rings. The molecule has 106 valence electrons. The summed E-state index contributed by atoms with van der Waals surface area (Å²) in [6.07, 6.45) is 1.97. The molecule has 4 heteroatoms. The van der Waals surface area contributed by atoms with Crippen molar-refractivity contribution in [3.8, 4) is 0 Å². The predicted molar refractivity (Wildman–Crippen MR) is 80.6 cm³/mol. The molecule has 0 aliphatic rings. The number of nitrogens with two attached hydrogens (primary N) is 1. The number of benzene rings is 1. The molecule has 0 saturated heterocycles.